The van der Waals surface area contributed by atoms with Gasteiger partial charge in [0.15, 0.2) is 6.10 Å². The Labute approximate surface area is 346 Å². The first kappa shape index (κ1) is 54.4. The van der Waals surface area contributed by atoms with Gasteiger partial charge in [-0.2, -0.15) is 0 Å². The van der Waals surface area contributed by atoms with Crippen LogP contribution in [0.5, 0.6) is 0 Å². The van der Waals surface area contributed by atoms with Gasteiger partial charge in [-0.25, -0.2) is 4.57 Å². The van der Waals surface area contributed by atoms with Crippen LogP contribution in [0.1, 0.15) is 168 Å². The summed E-state index contributed by atoms with van der Waals surface area (Å²) in [5.41, 5.74) is 0. The minimum absolute atomic E-state index is 0.141. The molecule has 0 aromatic rings. The van der Waals surface area contributed by atoms with Crippen molar-refractivity contribution in [2.45, 2.75) is 180 Å². The number of aliphatic hydroxyl groups excluding tert-OH is 2. The van der Waals surface area contributed by atoms with Crippen molar-refractivity contribution in [3.63, 3.8) is 0 Å². The van der Waals surface area contributed by atoms with E-state index in [1.807, 2.05) is 0 Å². The first-order valence-electron chi connectivity index (χ1n) is 21.9. The molecule has 0 radical (unpaired) electrons. The standard InChI is InChI=1S/C46H79O10P/c1-3-5-7-9-11-13-15-17-19-20-21-22-24-26-28-30-32-34-36-38-46(50)56-44(42-55-57(51,52)54-40-43(48)39-47)41-53-45(49)37-35-33-31-29-27-25-23-18-16-14-12-10-8-6-4-2/h5,7,11,13-14,16-17,19,21-22,26,28,43-44,47-48H,3-4,6,8-10,12,15,18,20,23-25,27,29-42H2,1-2H3,(H,51,52)/b7-5+,13-11+,16-14+,19-17+,22-21+,28-26+/t43-,44+/m0/s1. The van der Waals surface area contributed by atoms with Crippen LogP contribution in [0, 0.1) is 0 Å². The molecule has 57 heavy (non-hydrogen) atoms. The minimum atomic E-state index is -4.63. The van der Waals surface area contributed by atoms with Crippen molar-refractivity contribution in [3.05, 3.63) is 72.9 Å². The largest absolute Gasteiger partial charge is 0.472 e. The van der Waals surface area contributed by atoms with Gasteiger partial charge in [-0.1, -0.05) is 145 Å². The highest BCUT2D eigenvalue weighted by Crippen LogP contribution is 2.43. The molecular weight excluding hydrogens is 743 g/mol. The van der Waals surface area contributed by atoms with Gasteiger partial charge in [0.1, 0.15) is 12.7 Å². The normalized spacial score (nSPS) is 14.5. The molecule has 10 nitrogen and oxygen atoms in total. The Hall–Kier alpha value is -2.59. The van der Waals surface area contributed by atoms with Crippen LogP contribution in [-0.4, -0.2) is 65.7 Å². The van der Waals surface area contributed by atoms with E-state index in [9.17, 15) is 24.2 Å². The van der Waals surface area contributed by atoms with Crippen LogP contribution in [0.2, 0.25) is 0 Å². The second kappa shape index (κ2) is 41.6. The van der Waals surface area contributed by atoms with Crippen LogP contribution >= 0.6 is 7.82 Å². The fourth-order valence-electron chi connectivity index (χ4n) is 5.48. The van der Waals surface area contributed by atoms with Crippen LogP contribution < -0.4 is 0 Å². The maximum absolute atomic E-state index is 12.6. The van der Waals surface area contributed by atoms with Crippen molar-refractivity contribution in [1.29, 1.82) is 0 Å². The molecule has 328 valence electrons. The number of carbonyl (C=O) groups is 2. The molecule has 0 spiro atoms. The van der Waals surface area contributed by atoms with E-state index in [1.54, 1.807) is 0 Å². The Morgan fingerprint density at radius 3 is 1.49 bits per heavy atom. The van der Waals surface area contributed by atoms with E-state index in [1.165, 1.54) is 51.4 Å². The minimum Gasteiger partial charge on any atom is -0.462 e. The number of rotatable bonds is 40. The van der Waals surface area contributed by atoms with Gasteiger partial charge in [-0.3, -0.25) is 18.6 Å². The molecule has 0 saturated carbocycles. The van der Waals surface area contributed by atoms with Crippen molar-refractivity contribution in [3.8, 4) is 0 Å². The molecule has 0 aliphatic rings. The van der Waals surface area contributed by atoms with E-state index in [0.29, 0.717) is 12.8 Å². The highest BCUT2D eigenvalue weighted by molar-refractivity contribution is 7.47. The van der Waals surface area contributed by atoms with Crippen molar-refractivity contribution >= 4 is 19.8 Å². The number of allylic oxidation sites excluding steroid dienone is 12. The van der Waals surface area contributed by atoms with Crippen LogP contribution in [-0.2, 0) is 32.7 Å². The van der Waals surface area contributed by atoms with Crippen LogP contribution in [0.3, 0.4) is 0 Å². The van der Waals surface area contributed by atoms with Gasteiger partial charge >= 0.3 is 19.8 Å². The second-order valence-electron chi connectivity index (χ2n) is 14.3. The maximum atomic E-state index is 12.6. The third kappa shape index (κ3) is 41.4. The van der Waals surface area contributed by atoms with E-state index in [4.69, 9.17) is 19.1 Å². The number of carbonyl (C=O) groups excluding carboxylic acids is 2. The number of esters is 2. The Kier molecular flexibility index (Phi) is 39.7. The van der Waals surface area contributed by atoms with Crippen LogP contribution in [0.4, 0.5) is 0 Å². The lowest BCUT2D eigenvalue weighted by Gasteiger charge is -2.20. The molecule has 0 aromatic heterocycles. The third-order valence-electron chi connectivity index (χ3n) is 8.84. The van der Waals surface area contributed by atoms with Crippen molar-refractivity contribution in [1.82, 2.24) is 0 Å². The van der Waals surface area contributed by atoms with Gasteiger partial charge in [0, 0.05) is 12.8 Å². The Morgan fingerprint density at radius 2 is 0.965 bits per heavy atom. The lowest BCUT2D eigenvalue weighted by atomic mass is 10.1. The van der Waals surface area contributed by atoms with Gasteiger partial charge in [0.05, 0.1) is 19.8 Å². The first-order chi connectivity index (χ1) is 27.7. The summed E-state index contributed by atoms with van der Waals surface area (Å²) in [4.78, 5) is 35.0. The van der Waals surface area contributed by atoms with Gasteiger partial charge in [-0.15, -0.1) is 0 Å². The summed E-state index contributed by atoms with van der Waals surface area (Å²) in [6.07, 6.45) is 47.2. The lowest BCUT2D eigenvalue weighted by Crippen LogP contribution is -2.29. The van der Waals surface area contributed by atoms with E-state index in [0.717, 1.165) is 77.0 Å². The number of unbranched alkanes of at least 4 members (excludes halogenated alkanes) is 14. The Morgan fingerprint density at radius 1 is 0.544 bits per heavy atom. The number of phosphoric ester groups is 1. The molecule has 3 atom stereocenters. The zero-order chi connectivity index (χ0) is 41.9. The molecule has 0 amide bonds. The molecule has 1 unspecified atom stereocenters. The summed E-state index contributed by atoms with van der Waals surface area (Å²) < 4.78 is 32.7. The number of hydrogen-bond donors (Lipinski definition) is 3. The lowest BCUT2D eigenvalue weighted by molar-refractivity contribution is -0.161. The molecule has 0 aromatic carbocycles. The fourth-order valence-corrected chi connectivity index (χ4v) is 6.27. The molecule has 0 aliphatic heterocycles. The topological polar surface area (TPSA) is 149 Å². The van der Waals surface area contributed by atoms with E-state index >= 15 is 0 Å². The number of hydrogen-bond acceptors (Lipinski definition) is 9. The molecule has 0 saturated heterocycles. The zero-order valence-electron chi connectivity index (χ0n) is 35.5. The average Bonchev–Trinajstić information content (AvgIpc) is 3.20. The molecule has 0 bridgehead atoms. The molecule has 0 fully saturated rings. The molecule has 0 heterocycles. The van der Waals surface area contributed by atoms with Crippen molar-refractivity contribution in [2.24, 2.45) is 0 Å². The van der Waals surface area contributed by atoms with E-state index in [-0.39, 0.29) is 19.4 Å². The first-order valence-corrected chi connectivity index (χ1v) is 23.4. The highest BCUT2D eigenvalue weighted by Gasteiger charge is 2.27. The zero-order valence-corrected chi connectivity index (χ0v) is 36.4. The number of aliphatic hydroxyl groups is 2. The summed E-state index contributed by atoms with van der Waals surface area (Å²) in [6.45, 7) is 2.20. The molecule has 3 N–H and O–H groups in total. The fraction of sp³-hybridized carbons (Fsp3) is 0.696. The smallest absolute Gasteiger partial charge is 0.462 e. The summed E-state index contributed by atoms with van der Waals surface area (Å²) in [6, 6.07) is 0. The Balaban J connectivity index is 4.38. The second-order valence-corrected chi connectivity index (χ2v) is 15.8. The summed E-state index contributed by atoms with van der Waals surface area (Å²) >= 11 is 0. The van der Waals surface area contributed by atoms with Crippen LogP contribution in [0.15, 0.2) is 72.9 Å². The quantitative estimate of drug-likeness (QED) is 0.0236. The van der Waals surface area contributed by atoms with Gasteiger partial charge in [-0.05, 0) is 83.5 Å². The van der Waals surface area contributed by atoms with Gasteiger partial charge in [0.25, 0.3) is 0 Å². The van der Waals surface area contributed by atoms with Gasteiger partial charge < -0.3 is 24.6 Å². The summed E-state index contributed by atoms with van der Waals surface area (Å²) in [5.74, 6) is -0.973. The SMILES string of the molecule is CC/C=C/C/C=C/C/C=C/C/C=C/C/C=C/CCCCCC(=O)O[C@H](COC(=O)CCCCCCCCC/C=C/CCCCCC)COP(=O)(O)OC[C@@H](O)CO. The molecular formula is C46H79O10P. The van der Waals surface area contributed by atoms with Crippen molar-refractivity contribution < 1.29 is 47.8 Å². The number of phosphoric acid groups is 1. The maximum Gasteiger partial charge on any atom is 0.472 e. The van der Waals surface area contributed by atoms with E-state index < -0.39 is 51.8 Å². The van der Waals surface area contributed by atoms with Crippen LogP contribution in [0.25, 0.3) is 0 Å². The van der Waals surface area contributed by atoms with Gasteiger partial charge in [0.2, 0.25) is 0 Å². The molecule has 0 rings (SSSR count). The highest BCUT2D eigenvalue weighted by atomic mass is 31.2. The predicted octanol–water partition coefficient (Wildman–Crippen LogP) is 11.7. The monoisotopic (exact) mass is 823 g/mol. The summed E-state index contributed by atoms with van der Waals surface area (Å²) in [7, 11) is -4.63. The molecule has 0 aliphatic carbocycles. The van der Waals surface area contributed by atoms with E-state index in [2.05, 4.69) is 91.3 Å². The summed E-state index contributed by atoms with van der Waals surface area (Å²) in [5, 5.41) is 18.3. The average molecular weight is 823 g/mol. The van der Waals surface area contributed by atoms with Crippen molar-refractivity contribution in [2.75, 3.05) is 26.4 Å². The Bertz CT molecular complexity index is 1180. The molecule has 11 heteroatoms. The number of ether oxygens (including phenoxy) is 2. The third-order valence-corrected chi connectivity index (χ3v) is 9.80. The predicted molar refractivity (Wildman–Crippen MR) is 233 cm³/mol.